The predicted molar refractivity (Wildman–Crippen MR) is 52.6 cm³/mol. The molecule has 0 amide bonds. The van der Waals surface area contributed by atoms with Crippen molar-refractivity contribution in [3.63, 3.8) is 0 Å². The van der Waals surface area contributed by atoms with E-state index in [1.54, 1.807) is 0 Å². The molecule has 0 radical (unpaired) electrons. The zero-order chi connectivity index (χ0) is 12.6. The van der Waals surface area contributed by atoms with Crippen LogP contribution in [0.1, 0.15) is 10.5 Å². The molecule has 88 valence electrons. The molecule has 0 spiro atoms. The summed E-state index contributed by atoms with van der Waals surface area (Å²) < 4.78 is 26.6. The fourth-order valence-corrected chi connectivity index (χ4v) is 1.25. The van der Waals surface area contributed by atoms with Gasteiger partial charge >= 0.3 is 5.97 Å². The maximum atomic E-state index is 13.0. The van der Waals surface area contributed by atoms with E-state index in [-0.39, 0.29) is 11.5 Å². The highest BCUT2D eigenvalue weighted by molar-refractivity contribution is 5.90. The van der Waals surface area contributed by atoms with E-state index in [1.807, 2.05) is 0 Å². The fraction of sp³-hybridized carbons (Fsp3) is 0. The van der Waals surface area contributed by atoms with Gasteiger partial charge in [-0.2, -0.15) is 4.68 Å². The SMILES string of the molecule is Nc1c(C(=O)O)nnn1-c1ccc(F)c(F)c1. The monoisotopic (exact) mass is 240 g/mol. The summed E-state index contributed by atoms with van der Waals surface area (Å²) in [6.45, 7) is 0. The van der Waals surface area contributed by atoms with Crippen LogP contribution in [0.2, 0.25) is 0 Å². The van der Waals surface area contributed by atoms with Crippen molar-refractivity contribution in [3.8, 4) is 5.69 Å². The highest BCUT2D eigenvalue weighted by Gasteiger charge is 2.17. The van der Waals surface area contributed by atoms with Gasteiger partial charge in [0.05, 0.1) is 5.69 Å². The number of aromatic nitrogens is 3. The van der Waals surface area contributed by atoms with Crippen LogP contribution in [0, 0.1) is 11.6 Å². The summed E-state index contributed by atoms with van der Waals surface area (Å²) in [6, 6.07) is 2.92. The lowest BCUT2D eigenvalue weighted by Gasteiger charge is -2.02. The summed E-state index contributed by atoms with van der Waals surface area (Å²) in [7, 11) is 0. The summed E-state index contributed by atoms with van der Waals surface area (Å²) in [6.07, 6.45) is 0. The van der Waals surface area contributed by atoms with E-state index in [0.29, 0.717) is 0 Å². The number of hydrogen-bond acceptors (Lipinski definition) is 4. The molecule has 1 heterocycles. The Labute approximate surface area is 93.3 Å². The first-order valence-electron chi connectivity index (χ1n) is 4.40. The minimum Gasteiger partial charge on any atom is -0.476 e. The molecule has 0 aliphatic rings. The van der Waals surface area contributed by atoms with Crippen LogP contribution < -0.4 is 5.73 Å². The molecule has 1 aromatic heterocycles. The van der Waals surface area contributed by atoms with Crippen molar-refractivity contribution < 1.29 is 18.7 Å². The maximum absolute atomic E-state index is 13.0. The Kier molecular flexibility index (Phi) is 2.47. The second-order valence-electron chi connectivity index (χ2n) is 3.14. The van der Waals surface area contributed by atoms with Gasteiger partial charge in [-0.3, -0.25) is 0 Å². The van der Waals surface area contributed by atoms with Crippen LogP contribution in [0.15, 0.2) is 18.2 Å². The van der Waals surface area contributed by atoms with Gasteiger partial charge in [0.1, 0.15) is 0 Å². The molecule has 0 aliphatic heterocycles. The van der Waals surface area contributed by atoms with E-state index in [2.05, 4.69) is 10.3 Å². The smallest absolute Gasteiger partial charge is 0.360 e. The fourth-order valence-electron chi connectivity index (χ4n) is 1.25. The van der Waals surface area contributed by atoms with Crippen LogP contribution in [-0.4, -0.2) is 26.1 Å². The van der Waals surface area contributed by atoms with Crippen LogP contribution >= 0.6 is 0 Å². The summed E-state index contributed by atoms with van der Waals surface area (Å²) >= 11 is 0. The Morgan fingerprint density at radius 1 is 1.35 bits per heavy atom. The van der Waals surface area contributed by atoms with Crippen molar-refractivity contribution in [2.75, 3.05) is 5.73 Å². The molecule has 3 N–H and O–H groups in total. The standard InChI is InChI=1S/C9H6F2N4O2/c10-5-2-1-4(3-6(5)11)15-8(12)7(9(16)17)13-14-15/h1-3H,12H2,(H,16,17). The second-order valence-corrected chi connectivity index (χ2v) is 3.14. The van der Waals surface area contributed by atoms with Gasteiger partial charge < -0.3 is 10.8 Å². The molecule has 1 aromatic carbocycles. The van der Waals surface area contributed by atoms with Gasteiger partial charge in [-0.15, -0.1) is 5.10 Å². The predicted octanol–water partition coefficient (Wildman–Crippen LogP) is 0.826. The van der Waals surface area contributed by atoms with Crippen molar-refractivity contribution in [2.45, 2.75) is 0 Å². The highest BCUT2D eigenvalue weighted by Crippen LogP contribution is 2.17. The lowest BCUT2D eigenvalue weighted by atomic mass is 10.3. The average Bonchev–Trinajstić information content (AvgIpc) is 2.64. The Morgan fingerprint density at radius 2 is 2.06 bits per heavy atom. The first kappa shape index (κ1) is 11.0. The third-order valence-corrected chi connectivity index (χ3v) is 2.06. The van der Waals surface area contributed by atoms with E-state index in [1.165, 1.54) is 6.07 Å². The van der Waals surface area contributed by atoms with Crippen LogP contribution in [-0.2, 0) is 0 Å². The Morgan fingerprint density at radius 3 is 2.59 bits per heavy atom. The van der Waals surface area contributed by atoms with Gasteiger partial charge in [-0.1, -0.05) is 5.21 Å². The molecule has 17 heavy (non-hydrogen) atoms. The number of nitrogen functional groups attached to an aromatic ring is 1. The lowest BCUT2D eigenvalue weighted by Crippen LogP contribution is -2.06. The van der Waals surface area contributed by atoms with E-state index in [9.17, 15) is 13.6 Å². The van der Waals surface area contributed by atoms with Gasteiger partial charge in [0.25, 0.3) is 0 Å². The number of anilines is 1. The number of carboxylic acid groups (broad SMARTS) is 1. The molecule has 2 aromatic rings. The first-order valence-corrected chi connectivity index (χ1v) is 4.40. The summed E-state index contributed by atoms with van der Waals surface area (Å²) in [5.41, 5.74) is 5.10. The van der Waals surface area contributed by atoms with Crippen LogP contribution in [0.3, 0.4) is 0 Å². The number of carbonyl (C=O) groups is 1. The molecule has 0 unspecified atom stereocenters. The molecule has 8 heteroatoms. The largest absolute Gasteiger partial charge is 0.476 e. The third-order valence-electron chi connectivity index (χ3n) is 2.06. The lowest BCUT2D eigenvalue weighted by molar-refractivity contribution is 0.0691. The van der Waals surface area contributed by atoms with Crippen molar-refractivity contribution >= 4 is 11.8 Å². The van der Waals surface area contributed by atoms with Crippen molar-refractivity contribution in [3.05, 3.63) is 35.5 Å². The number of nitrogens with two attached hydrogens (primary N) is 1. The van der Waals surface area contributed by atoms with Crippen molar-refractivity contribution in [1.29, 1.82) is 0 Å². The molecule has 0 saturated carbocycles. The van der Waals surface area contributed by atoms with Gasteiger partial charge in [0.15, 0.2) is 17.5 Å². The molecule has 0 saturated heterocycles. The Bertz CT molecular complexity index is 597. The molecule has 0 fully saturated rings. The van der Waals surface area contributed by atoms with Crippen LogP contribution in [0.4, 0.5) is 14.6 Å². The molecule has 0 atom stereocenters. The summed E-state index contributed by atoms with van der Waals surface area (Å²) in [4.78, 5) is 10.7. The maximum Gasteiger partial charge on any atom is 0.360 e. The van der Waals surface area contributed by atoms with E-state index in [4.69, 9.17) is 10.8 Å². The van der Waals surface area contributed by atoms with E-state index < -0.39 is 23.3 Å². The number of hydrogen-bond donors (Lipinski definition) is 2. The van der Waals surface area contributed by atoms with Crippen molar-refractivity contribution in [2.24, 2.45) is 0 Å². The van der Waals surface area contributed by atoms with Crippen molar-refractivity contribution in [1.82, 2.24) is 15.0 Å². The highest BCUT2D eigenvalue weighted by atomic mass is 19.2. The molecule has 2 rings (SSSR count). The minimum atomic E-state index is -1.35. The van der Waals surface area contributed by atoms with Crippen LogP contribution in [0.5, 0.6) is 0 Å². The van der Waals surface area contributed by atoms with Gasteiger partial charge in [-0.25, -0.2) is 13.6 Å². The quantitative estimate of drug-likeness (QED) is 0.810. The molecule has 6 nitrogen and oxygen atoms in total. The average molecular weight is 240 g/mol. The molecular formula is C9H6F2N4O2. The first-order chi connectivity index (χ1) is 8.00. The number of carboxylic acids is 1. The van der Waals surface area contributed by atoms with Gasteiger partial charge in [0.2, 0.25) is 5.69 Å². The summed E-state index contributed by atoms with van der Waals surface area (Å²) in [5, 5.41) is 15.5. The summed E-state index contributed by atoms with van der Waals surface area (Å²) in [5.74, 6) is -3.72. The second kappa shape index (κ2) is 3.81. The molecule has 0 bridgehead atoms. The zero-order valence-corrected chi connectivity index (χ0v) is 8.26. The number of rotatable bonds is 2. The van der Waals surface area contributed by atoms with E-state index >= 15 is 0 Å². The minimum absolute atomic E-state index is 0.0846. The zero-order valence-electron chi connectivity index (χ0n) is 8.26. The molecular weight excluding hydrogens is 234 g/mol. The number of benzene rings is 1. The number of nitrogens with zero attached hydrogens (tertiary/aromatic N) is 3. The normalized spacial score (nSPS) is 10.5. The van der Waals surface area contributed by atoms with E-state index in [0.717, 1.165) is 16.8 Å². The van der Waals surface area contributed by atoms with Gasteiger partial charge in [-0.05, 0) is 12.1 Å². The topological polar surface area (TPSA) is 94.0 Å². The Balaban J connectivity index is 2.53. The van der Waals surface area contributed by atoms with Gasteiger partial charge in [0, 0.05) is 6.07 Å². The third kappa shape index (κ3) is 1.80. The Hall–Kier alpha value is -2.51. The number of halogens is 2. The number of aromatic carboxylic acids is 1. The molecule has 0 aliphatic carbocycles. The van der Waals surface area contributed by atoms with Crippen LogP contribution in [0.25, 0.3) is 5.69 Å².